The van der Waals surface area contributed by atoms with Crippen LogP contribution in [0.3, 0.4) is 0 Å². The van der Waals surface area contributed by atoms with Crippen molar-refractivity contribution in [2.24, 2.45) is 0 Å². The van der Waals surface area contributed by atoms with Crippen LogP contribution in [-0.4, -0.2) is 16.8 Å². The Balaban J connectivity index is 1.72. The first-order valence-electron chi connectivity index (χ1n) is 11.7. The van der Waals surface area contributed by atoms with Crippen LogP contribution in [0.2, 0.25) is 0 Å². The van der Waals surface area contributed by atoms with Gasteiger partial charge in [0.2, 0.25) is 0 Å². The van der Waals surface area contributed by atoms with Gasteiger partial charge in [-0.2, -0.15) is 0 Å². The van der Waals surface area contributed by atoms with Gasteiger partial charge in [0.1, 0.15) is 0 Å². The van der Waals surface area contributed by atoms with Crippen molar-refractivity contribution >= 4 is 31.4 Å². The summed E-state index contributed by atoms with van der Waals surface area (Å²) >= 11 is 1.60. The molecule has 0 amide bonds. The van der Waals surface area contributed by atoms with E-state index in [1.54, 1.807) is 92.3 Å². The fourth-order valence-electron chi connectivity index (χ4n) is 4.78. The molecular formula is C29H26O4S3. The minimum Gasteiger partial charge on any atom is -0.223 e. The molecule has 1 heterocycles. The van der Waals surface area contributed by atoms with Crippen molar-refractivity contribution in [1.29, 1.82) is 0 Å². The molecular weight excluding hydrogens is 509 g/mol. The molecule has 2 atom stereocenters. The summed E-state index contributed by atoms with van der Waals surface area (Å²) in [5.41, 5.74) is 3.12. The van der Waals surface area contributed by atoms with Gasteiger partial charge in [0, 0.05) is 9.79 Å². The molecule has 0 fully saturated rings. The van der Waals surface area contributed by atoms with Crippen LogP contribution >= 0.6 is 11.8 Å². The lowest BCUT2D eigenvalue weighted by molar-refractivity contribution is 0.579. The van der Waals surface area contributed by atoms with Gasteiger partial charge in [-0.3, -0.25) is 0 Å². The monoisotopic (exact) mass is 534 g/mol. The number of rotatable bonds is 6. The van der Waals surface area contributed by atoms with Crippen LogP contribution < -0.4 is 0 Å². The average molecular weight is 535 g/mol. The molecule has 0 N–H and O–H groups in total. The fraction of sp³-hybridized carbons (Fsp3) is 0.172. The van der Waals surface area contributed by atoms with Gasteiger partial charge in [0.15, 0.2) is 19.7 Å². The molecule has 7 heteroatoms. The van der Waals surface area contributed by atoms with Crippen molar-refractivity contribution in [2.45, 2.75) is 50.4 Å². The van der Waals surface area contributed by atoms with E-state index in [0.717, 1.165) is 20.9 Å². The highest BCUT2D eigenvalue weighted by atomic mass is 32.2. The second kappa shape index (κ2) is 9.54. The standard InChI is InChI=1S/C29H26O4S3/c1-20(35(30,31)23-12-5-3-6-13-23)25-17-18-28-26(19-22-11-9-10-16-27(22)34-28)29(25)21(2)36(32,33)24-14-7-4-8-15-24/h3-18,20-21H,19H2,1-2H3. The van der Waals surface area contributed by atoms with Gasteiger partial charge in [-0.25, -0.2) is 16.8 Å². The molecule has 0 spiro atoms. The maximum Gasteiger partial charge on any atom is 0.185 e. The van der Waals surface area contributed by atoms with E-state index in [-0.39, 0.29) is 9.79 Å². The number of hydrogen-bond acceptors (Lipinski definition) is 5. The number of benzene rings is 4. The van der Waals surface area contributed by atoms with E-state index in [2.05, 4.69) is 6.07 Å². The predicted octanol–water partition coefficient (Wildman–Crippen LogP) is 6.81. The number of sulfone groups is 2. The first kappa shape index (κ1) is 24.8. The molecule has 0 bridgehead atoms. The van der Waals surface area contributed by atoms with E-state index in [1.807, 2.05) is 24.3 Å². The third kappa shape index (κ3) is 4.29. The molecule has 0 saturated heterocycles. The smallest absolute Gasteiger partial charge is 0.185 e. The molecule has 184 valence electrons. The molecule has 1 aliphatic rings. The normalized spacial score (nSPS) is 14.9. The minimum absolute atomic E-state index is 0.222. The highest BCUT2D eigenvalue weighted by molar-refractivity contribution is 7.99. The lowest BCUT2D eigenvalue weighted by atomic mass is 9.92. The van der Waals surface area contributed by atoms with Crippen LogP contribution in [0.4, 0.5) is 0 Å². The summed E-state index contributed by atoms with van der Waals surface area (Å²) in [6.45, 7) is 3.33. The van der Waals surface area contributed by atoms with Crippen molar-refractivity contribution in [3.63, 3.8) is 0 Å². The van der Waals surface area contributed by atoms with E-state index in [0.29, 0.717) is 17.5 Å². The zero-order valence-electron chi connectivity index (χ0n) is 20.0. The summed E-state index contributed by atoms with van der Waals surface area (Å²) in [4.78, 5) is 2.54. The Bertz CT molecular complexity index is 1630. The molecule has 2 unspecified atom stereocenters. The van der Waals surface area contributed by atoms with Crippen LogP contribution in [0.15, 0.2) is 117 Å². The van der Waals surface area contributed by atoms with E-state index < -0.39 is 30.2 Å². The summed E-state index contributed by atoms with van der Waals surface area (Å²) < 4.78 is 54.9. The van der Waals surface area contributed by atoms with Gasteiger partial charge in [0.05, 0.1) is 20.3 Å². The second-order valence-electron chi connectivity index (χ2n) is 8.93. The zero-order chi connectivity index (χ0) is 25.5. The topological polar surface area (TPSA) is 68.3 Å². The minimum atomic E-state index is -3.77. The van der Waals surface area contributed by atoms with Crippen molar-refractivity contribution in [3.05, 3.63) is 119 Å². The largest absolute Gasteiger partial charge is 0.223 e. The van der Waals surface area contributed by atoms with E-state index in [9.17, 15) is 16.8 Å². The molecule has 4 nitrogen and oxygen atoms in total. The van der Waals surface area contributed by atoms with Crippen LogP contribution in [0, 0.1) is 0 Å². The number of hydrogen-bond donors (Lipinski definition) is 0. The maximum atomic E-state index is 13.8. The molecule has 4 aromatic rings. The quantitative estimate of drug-likeness (QED) is 0.239. The Morgan fingerprint density at radius 2 is 1.14 bits per heavy atom. The SMILES string of the molecule is CC(c1ccc2c(c1C(C)S(=O)(=O)c1ccccc1)Cc1ccccc1S2)S(=O)(=O)c1ccccc1. The molecule has 0 aliphatic carbocycles. The molecule has 5 rings (SSSR count). The van der Waals surface area contributed by atoms with E-state index in [4.69, 9.17) is 0 Å². The summed E-state index contributed by atoms with van der Waals surface area (Å²) in [5, 5.41) is -1.85. The Hall–Kier alpha value is -2.87. The molecule has 36 heavy (non-hydrogen) atoms. The Labute approximate surface area is 217 Å². The molecule has 0 aromatic heterocycles. The van der Waals surface area contributed by atoms with Crippen molar-refractivity contribution in [1.82, 2.24) is 0 Å². The molecule has 4 aromatic carbocycles. The van der Waals surface area contributed by atoms with Crippen LogP contribution in [0.25, 0.3) is 0 Å². The molecule has 0 saturated carbocycles. The summed E-state index contributed by atoms with van der Waals surface area (Å²) in [5.74, 6) is 0. The molecule has 0 radical (unpaired) electrons. The first-order chi connectivity index (χ1) is 17.2. The highest BCUT2D eigenvalue weighted by Crippen LogP contribution is 2.47. The van der Waals surface area contributed by atoms with Gasteiger partial charge in [-0.1, -0.05) is 72.4 Å². The van der Waals surface area contributed by atoms with E-state index >= 15 is 0 Å². The third-order valence-electron chi connectivity index (χ3n) is 6.83. The van der Waals surface area contributed by atoms with Gasteiger partial charge >= 0.3 is 0 Å². The second-order valence-corrected chi connectivity index (χ2v) is 14.6. The van der Waals surface area contributed by atoms with Gasteiger partial charge in [-0.05, 0) is 78.9 Å². The lowest BCUT2D eigenvalue weighted by Gasteiger charge is -2.29. The van der Waals surface area contributed by atoms with Gasteiger partial charge < -0.3 is 0 Å². The number of fused-ring (bicyclic) bond motifs is 2. The van der Waals surface area contributed by atoms with Crippen molar-refractivity contribution in [3.8, 4) is 0 Å². The van der Waals surface area contributed by atoms with Crippen LogP contribution in [-0.2, 0) is 26.1 Å². The Kier molecular flexibility index (Phi) is 6.57. The average Bonchev–Trinajstić information content (AvgIpc) is 2.91. The summed E-state index contributed by atoms with van der Waals surface area (Å²) in [6, 6.07) is 28.5. The maximum absolute atomic E-state index is 13.8. The summed E-state index contributed by atoms with van der Waals surface area (Å²) in [7, 11) is -7.52. The fourth-order valence-corrected chi connectivity index (χ4v) is 8.90. The van der Waals surface area contributed by atoms with Crippen molar-refractivity contribution in [2.75, 3.05) is 0 Å². The lowest BCUT2D eigenvalue weighted by Crippen LogP contribution is -2.20. The van der Waals surface area contributed by atoms with Crippen molar-refractivity contribution < 1.29 is 16.8 Å². The predicted molar refractivity (Wildman–Crippen MR) is 144 cm³/mol. The van der Waals surface area contributed by atoms with Gasteiger partial charge in [0.25, 0.3) is 0 Å². The van der Waals surface area contributed by atoms with Crippen LogP contribution in [0.5, 0.6) is 0 Å². The Morgan fingerprint density at radius 1 is 0.611 bits per heavy atom. The highest BCUT2D eigenvalue weighted by Gasteiger charge is 2.36. The molecule has 1 aliphatic heterocycles. The zero-order valence-corrected chi connectivity index (χ0v) is 22.4. The van der Waals surface area contributed by atoms with Gasteiger partial charge in [-0.15, -0.1) is 0 Å². The van der Waals surface area contributed by atoms with Crippen LogP contribution in [0.1, 0.15) is 46.6 Å². The Morgan fingerprint density at radius 3 is 1.75 bits per heavy atom. The third-order valence-corrected chi connectivity index (χ3v) is 12.3. The van der Waals surface area contributed by atoms with E-state index in [1.165, 1.54) is 0 Å². The summed E-state index contributed by atoms with van der Waals surface area (Å²) in [6.07, 6.45) is 0.550. The first-order valence-corrected chi connectivity index (χ1v) is 15.6.